The number of thiol groups is 1. The number of aromatic nitrogens is 4. The Bertz CT molecular complexity index is 1250. The molecular formula is C20H18N4O3S. The van der Waals surface area contributed by atoms with Crippen molar-refractivity contribution in [3.8, 4) is 11.1 Å². The van der Waals surface area contributed by atoms with E-state index in [1.165, 1.54) is 17.0 Å². The molecule has 0 amide bonds. The first kappa shape index (κ1) is 18.2. The first-order chi connectivity index (χ1) is 13.6. The van der Waals surface area contributed by atoms with Crippen LogP contribution in [0.4, 0.5) is 0 Å². The van der Waals surface area contributed by atoms with E-state index in [0.29, 0.717) is 23.0 Å². The van der Waals surface area contributed by atoms with Gasteiger partial charge in [0.25, 0.3) is 5.56 Å². The Morgan fingerprint density at radius 2 is 2.00 bits per heavy atom. The average molecular weight is 394 g/mol. The van der Waals surface area contributed by atoms with Gasteiger partial charge in [-0.3, -0.25) is 9.36 Å². The van der Waals surface area contributed by atoms with Gasteiger partial charge in [0.15, 0.2) is 5.65 Å². The number of rotatable bonds is 5. The lowest BCUT2D eigenvalue weighted by Gasteiger charge is -2.14. The summed E-state index contributed by atoms with van der Waals surface area (Å²) in [5.74, 6) is -1.10. The van der Waals surface area contributed by atoms with Crippen LogP contribution in [0, 0.1) is 0 Å². The molecule has 0 saturated heterocycles. The Balaban J connectivity index is 2.02. The van der Waals surface area contributed by atoms with Gasteiger partial charge in [-0.2, -0.15) is 17.7 Å². The molecule has 0 fully saturated rings. The highest BCUT2D eigenvalue weighted by Gasteiger charge is 2.22. The van der Waals surface area contributed by atoms with Gasteiger partial charge in [0.05, 0.1) is 16.6 Å². The fraction of sp³-hybridized carbons (Fsp3) is 0.200. The van der Waals surface area contributed by atoms with Crippen LogP contribution < -0.4 is 5.56 Å². The van der Waals surface area contributed by atoms with Crippen molar-refractivity contribution in [3.63, 3.8) is 0 Å². The summed E-state index contributed by atoms with van der Waals surface area (Å²) in [6.45, 7) is 2.02. The van der Waals surface area contributed by atoms with Crippen molar-refractivity contribution in [1.82, 2.24) is 19.2 Å². The molecule has 8 heteroatoms. The fourth-order valence-corrected chi connectivity index (χ4v) is 3.74. The summed E-state index contributed by atoms with van der Waals surface area (Å²) in [6, 6.07) is 10.5. The number of hydrogen-bond donors (Lipinski definition) is 2. The Morgan fingerprint density at radius 3 is 2.64 bits per heavy atom. The van der Waals surface area contributed by atoms with Gasteiger partial charge in [-0.15, -0.1) is 0 Å². The second kappa shape index (κ2) is 7.12. The Morgan fingerprint density at radius 1 is 1.25 bits per heavy atom. The number of nitrogens with zero attached hydrogens (tertiary/aromatic N) is 4. The van der Waals surface area contributed by atoms with Gasteiger partial charge in [-0.1, -0.05) is 37.3 Å². The van der Waals surface area contributed by atoms with E-state index in [9.17, 15) is 14.7 Å². The normalized spacial score (nSPS) is 12.5. The summed E-state index contributed by atoms with van der Waals surface area (Å²) in [4.78, 5) is 28.8. The van der Waals surface area contributed by atoms with E-state index in [1.54, 1.807) is 10.6 Å². The minimum absolute atomic E-state index is 0.0102. The van der Waals surface area contributed by atoms with E-state index in [2.05, 4.69) is 22.7 Å². The van der Waals surface area contributed by atoms with Crippen LogP contribution in [-0.2, 0) is 11.2 Å². The largest absolute Gasteiger partial charge is 0.480 e. The Labute approximate surface area is 165 Å². The zero-order valence-electron chi connectivity index (χ0n) is 15.1. The number of benzene rings is 1. The summed E-state index contributed by atoms with van der Waals surface area (Å²) in [5.41, 5.74) is 3.66. The molecule has 4 rings (SSSR count). The number of hydrogen-bond acceptors (Lipinski definition) is 5. The molecule has 3 aromatic heterocycles. The van der Waals surface area contributed by atoms with Gasteiger partial charge in [-0.05, 0) is 18.1 Å². The predicted molar refractivity (Wildman–Crippen MR) is 110 cm³/mol. The number of carboxylic acids is 1. The maximum Gasteiger partial charge on any atom is 0.327 e. The molecule has 142 valence electrons. The number of aliphatic carboxylic acids is 1. The third-order valence-corrected chi connectivity index (χ3v) is 5.15. The third-order valence-electron chi connectivity index (χ3n) is 4.80. The monoisotopic (exact) mass is 394 g/mol. The number of aryl methyl sites for hydroxylation is 1. The molecular weight excluding hydrogens is 376 g/mol. The van der Waals surface area contributed by atoms with Crippen molar-refractivity contribution < 1.29 is 9.90 Å². The number of fused-ring (bicyclic) bond motifs is 3. The lowest BCUT2D eigenvalue weighted by Crippen LogP contribution is -2.31. The lowest BCUT2D eigenvalue weighted by molar-refractivity contribution is -0.140. The van der Waals surface area contributed by atoms with Gasteiger partial charge in [0.2, 0.25) is 0 Å². The van der Waals surface area contributed by atoms with E-state index in [0.717, 1.165) is 16.8 Å². The zero-order valence-corrected chi connectivity index (χ0v) is 16.0. The van der Waals surface area contributed by atoms with Gasteiger partial charge in [-0.25, -0.2) is 14.3 Å². The maximum atomic E-state index is 12.9. The Hall–Kier alpha value is -3.13. The predicted octanol–water partition coefficient (Wildman–Crippen LogP) is 2.83. The molecule has 28 heavy (non-hydrogen) atoms. The van der Waals surface area contributed by atoms with Gasteiger partial charge in [0.1, 0.15) is 6.04 Å². The smallest absolute Gasteiger partial charge is 0.327 e. The molecule has 0 aliphatic heterocycles. The standard InChI is InChI=1S/C20H18N4O3S/c1-2-14-17(12-6-4-3-5-7-12)18-21-10-13-15(24(18)22-14)8-9-23(19(13)25)16(11-28)20(26)27/h3-10,16,28H,2,11H2,1H3,(H,26,27). The topological polar surface area (TPSA) is 89.5 Å². The van der Waals surface area contributed by atoms with E-state index in [1.807, 2.05) is 37.3 Å². The van der Waals surface area contributed by atoms with Gasteiger partial charge in [0, 0.05) is 23.7 Å². The van der Waals surface area contributed by atoms with Crippen molar-refractivity contribution in [1.29, 1.82) is 0 Å². The molecule has 7 nitrogen and oxygen atoms in total. The van der Waals surface area contributed by atoms with Crippen LogP contribution >= 0.6 is 12.6 Å². The highest BCUT2D eigenvalue weighted by atomic mass is 32.1. The highest BCUT2D eigenvalue weighted by Crippen LogP contribution is 2.29. The fourth-order valence-electron chi connectivity index (χ4n) is 3.41. The molecule has 1 unspecified atom stereocenters. The van der Waals surface area contributed by atoms with Crippen molar-refractivity contribution in [2.75, 3.05) is 5.75 Å². The summed E-state index contributed by atoms with van der Waals surface area (Å²) in [6.07, 6.45) is 3.69. The number of carboxylic acid groups (broad SMARTS) is 1. The van der Waals surface area contributed by atoms with Crippen molar-refractivity contribution >= 4 is 35.1 Å². The molecule has 1 aromatic carbocycles. The third kappa shape index (κ3) is 2.77. The first-order valence-corrected chi connectivity index (χ1v) is 9.50. The molecule has 3 heterocycles. The van der Waals surface area contributed by atoms with Crippen molar-refractivity contribution in [2.45, 2.75) is 19.4 Å². The van der Waals surface area contributed by atoms with Crippen molar-refractivity contribution in [2.24, 2.45) is 0 Å². The number of pyridine rings is 1. The summed E-state index contributed by atoms with van der Waals surface area (Å²) < 4.78 is 2.84. The van der Waals surface area contributed by atoms with Crippen LogP contribution in [0.5, 0.6) is 0 Å². The molecule has 0 radical (unpaired) electrons. The molecule has 1 N–H and O–H groups in total. The highest BCUT2D eigenvalue weighted by molar-refractivity contribution is 7.80. The van der Waals surface area contributed by atoms with Crippen molar-refractivity contribution in [3.05, 3.63) is 64.8 Å². The van der Waals surface area contributed by atoms with Crippen LogP contribution in [0.25, 0.3) is 27.7 Å². The number of carbonyl (C=O) groups is 1. The maximum absolute atomic E-state index is 12.9. The first-order valence-electron chi connectivity index (χ1n) is 8.87. The van der Waals surface area contributed by atoms with Crippen LogP contribution in [-0.4, -0.2) is 36.0 Å². The minimum atomic E-state index is -1.11. The SMILES string of the molecule is CCc1nn2c(ncc3c(=O)n(C(CS)C(=O)O)ccc32)c1-c1ccccc1. The van der Waals surface area contributed by atoms with E-state index in [-0.39, 0.29) is 5.75 Å². The minimum Gasteiger partial charge on any atom is -0.480 e. The van der Waals surface area contributed by atoms with Crippen LogP contribution in [0.2, 0.25) is 0 Å². The molecule has 0 bridgehead atoms. The average Bonchev–Trinajstić information content (AvgIpc) is 3.09. The quantitative estimate of drug-likeness (QED) is 0.508. The van der Waals surface area contributed by atoms with Crippen LogP contribution in [0.3, 0.4) is 0 Å². The summed E-state index contributed by atoms with van der Waals surface area (Å²) >= 11 is 4.06. The van der Waals surface area contributed by atoms with Gasteiger partial charge < -0.3 is 5.11 Å². The molecule has 0 saturated carbocycles. The van der Waals surface area contributed by atoms with Crippen LogP contribution in [0.15, 0.2) is 53.6 Å². The van der Waals surface area contributed by atoms with E-state index in [4.69, 9.17) is 0 Å². The molecule has 0 aliphatic carbocycles. The zero-order chi connectivity index (χ0) is 19.8. The molecule has 1 atom stereocenters. The summed E-state index contributed by atoms with van der Waals surface area (Å²) in [7, 11) is 0. The summed E-state index contributed by atoms with van der Waals surface area (Å²) in [5, 5.41) is 14.3. The Kier molecular flexibility index (Phi) is 4.64. The van der Waals surface area contributed by atoms with E-state index >= 15 is 0 Å². The lowest BCUT2D eigenvalue weighted by atomic mass is 10.0. The van der Waals surface area contributed by atoms with Gasteiger partial charge >= 0.3 is 5.97 Å². The second-order valence-corrected chi connectivity index (χ2v) is 6.76. The van der Waals surface area contributed by atoms with Crippen LogP contribution in [0.1, 0.15) is 18.7 Å². The second-order valence-electron chi connectivity index (χ2n) is 6.40. The van der Waals surface area contributed by atoms with E-state index < -0.39 is 17.6 Å². The molecule has 4 aromatic rings. The molecule has 0 aliphatic rings. The molecule has 0 spiro atoms.